The monoisotopic (exact) mass is 330 g/mol. The average Bonchev–Trinajstić information content (AvgIpc) is 2.89. The van der Waals surface area contributed by atoms with Gasteiger partial charge < -0.3 is 11.5 Å². The topological polar surface area (TPSA) is 97.8 Å². The van der Waals surface area contributed by atoms with Gasteiger partial charge in [-0.25, -0.2) is 0 Å². The minimum Gasteiger partial charge on any atom is -0.364 e. The maximum Gasteiger partial charge on any atom is 0.269 e. The van der Waals surface area contributed by atoms with Crippen molar-refractivity contribution in [1.82, 2.24) is 10.2 Å². The molecule has 1 amide bonds. The number of carbonyl (C=O) groups is 1. The molecule has 0 unspecified atom stereocenters. The summed E-state index contributed by atoms with van der Waals surface area (Å²) in [7, 11) is 0. The zero-order valence-electron chi connectivity index (χ0n) is 13.0. The molecule has 23 heavy (non-hydrogen) atoms. The minimum absolute atomic E-state index is 0. The van der Waals surface area contributed by atoms with Crippen molar-refractivity contribution in [3.63, 3.8) is 0 Å². The molecule has 0 fully saturated rings. The van der Waals surface area contributed by atoms with E-state index in [9.17, 15) is 4.79 Å². The second-order valence-electron chi connectivity index (χ2n) is 6.00. The standard InChI is InChI=1S/C17H18N4O.ClH/c1-17(2,19)12-6-3-10(4-7-12)11-5-8-14-13(9-11)15(16(18)22)21-20-14;/h3-9H,19H2,1-2H3,(H2,18,22)(H,20,21);1H. The smallest absolute Gasteiger partial charge is 0.269 e. The number of carbonyl (C=O) groups excluding carboxylic acids is 1. The molecule has 2 aromatic carbocycles. The Morgan fingerprint density at radius 3 is 2.26 bits per heavy atom. The molecule has 0 radical (unpaired) electrons. The fourth-order valence-corrected chi connectivity index (χ4v) is 2.47. The molecule has 0 aliphatic carbocycles. The number of halogens is 1. The van der Waals surface area contributed by atoms with Crippen LogP contribution in [0, 0.1) is 0 Å². The van der Waals surface area contributed by atoms with Crippen LogP contribution in [-0.4, -0.2) is 16.1 Å². The first kappa shape index (κ1) is 17.0. The highest BCUT2D eigenvalue weighted by atomic mass is 35.5. The number of fused-ring (bicyclic) bond motifs is 1. The molecule has 3 aromatic rings. The van der Waals surface area contributed by atoms with Crippen molar-refractivity contribution in [3.05, 3.63) is 53.7 Å². The van der Waals surface area contributed by atoms with Crippen LogP contribution < -0.4 is 11.5 Å². The SMILES string of the molecule is CC(C)(N)c1ccc(-c2ccc3[nH]nc(C(N)=O)c3c2)cc1.Cl. The van der Waals surface area contributed by atoms with Crippen LogP contribution in [0.3, 0.4) is 0 Å². The Balaban J connectivity index is 0.00000192. The molecule has 0 bridgehead atoms. The Bertz CT molecular complexity index is 847. The van der Waals surface area contributed by atoms with E-state index in [2.05, 4.69) is 10.2 Å². The summed E-state index contributed by atoms with van der Waals surface area (Å²) in [5, 5.41) is 7.50. The molecular weight excluding hydrogens is 312 g/mol. The lowest BCUT2D eigenvalue weighted by Crippen LogP contribution is -2.28. The Labute approximate surface area is 140 Å². The third kappa shape index (κ3) is 3.21. The Kier molecular flexibility index (Phi) is 4.45. The molecule has 5 nitrogen and oxygen atoms in total. The molecule has 0 aliphatic heterocycles. The van der Waals surface area contributed by atoms with Gasteiger partial charge >= 0.3 is 0 Å². The lowest BCUT2D eigenvalue weighted by molar-refractivity contribution is 0.0997. The number of aromatic amines is 1. The van der Waals surface area contributed by atoms with E-state index >= 15 is 0 Å². The lowest BCUT2D eigenvalue weighted by Gasteiger charge is -2.19. The van der Waals surface area contributed by atoms with Gasteiger partial charge in [-0.2, -0.15) is 5.10 Å². The second kappa shape index (κ2) is 6.02. The molecule has 0 aliphatic rings. The zero-order valence-corrected chi connectivity index (χ0v) is 13.8. The van der Waals surface area contributed by atoms with Crippen molar-refractivity contribution >= 4 is 29.2 Å². The number of hydrogen-bond donors (Lipinski definition) is 3. The lowest BCUT2D eigenvalue weighted by atomic mass is 9.93. The predicted octanol–water partition coefficient (Wildman–Crippen LogP) is 2.94. The van der Waals surface area contributed by atoms with Crippen LogP contribution in [0.25, 0.3) is 22.0 Å². The van der Waals surface area contributed by atoms with Gasteiger partial charge in [-0.1, -0.05) is 30.3 Å². The van der Waals surface area contributed by atoms with E-state index in [1.54, 1.807) is 0 Å². The third-order valence-corrected chi connectivity index (χ3v) is 3.76. The first-order valence-corrected chi connectivity index (χ1v) is 7.04. The average molecular weight is 331 g/mol. The van der Waals surface area contributed by atoms with E-state index in [-0.39, 0.29) is 23.6 Å². The van der Waals surface area contributed by atoms with Crippen LogP contribution in [0.5, 0.6) is 0 Å². The van der Waals surface area contributed by atoms with Gasteiger partial charge in [-0.05, 0) is 42.7 Å². The van der Waals surface area contributed by atoms with Crippen LogP contribution >= 0.6 is 12.4 Å². The molecule has 0 spiro atoms. The van der Waals surface area contributed by atoms with Crippen molar-refractivity contribution in [2.24, 2.45) is 11.5 Å². The molecule has 0 saturated carbocycles. The predicted molar refractivity (Wildman–Crippen MR) is 94.5 cm³/mol. The number of amides is 1. The highest BCUT2D eigenvalue weighted by Gasteiger charge is 2.14. The maximum atomic E-state index is 11.4. The van der Waals surface area contributed by atoms with Crippen molar-refractivity contribution in [1.29, 1.82) is 0 Å². The fraction of sp³-hybridized carbons (Fsp3) is 0.176. The van der Waals surface area contributed by atoms with Crippen LogP contribution in [0.4, 0.5) is 0 Å². The van der Waals surface area contributed by atoms with Gasteiger partial charge in [0.15, 0.2) is 5.69 Å². The number of H-pyrrole nitrogens is 1. The quantitative estimate of drug-likeness (QED) is 0.688. The normalized spacial score (nSPS) is 11.3. The molecule has 1 heterocycles. The van der Waals surface area contributed by atoms with Gasteiger partial charge in [-0.3, -0.25) is 9.89 Å². The van der Waals surface area contributed by atoms with Gasteiger partial charge in [0.05, 0.1) is 5.52 Å². The van der Waals surface area contributed by atoms with E-state index in [0.29, 0.717) is 0 Å². The first-order valence-electron chi connectivity index (χ1n) is 7.04. The highest BCUT2D eigenvalue weighted by molar-refractivity contribution is 6.04. The molecule has 0 atom stereocenters. The van der Waals surface area contributed by atoms with Gasteiger partial charge in [0, 0.05) is 10.9 Å². The van der Waals surface area contributed by atoms with Crippen LogP contribution in [0.15, 0.2) is 42.5 Å². The number of primary amides is 1. The zero-order chi connectivity index (χ0) is 15.9. The summed E-state index contributed by atoms with van der Waals surface area (Å²) in [6.45, 7) is 3.94. The Morgan fingerprint density at radius 2 is 1.70 bits per heavy atom. The number of benzene rings is 2. The van der Waals surface area contributed by atoms with Crippen LogP contribution in [0.2, 0.25) is 0 Å². The number of rotatable bonds is 3. The summed E-state index contributed by atoms with van der Waals surface area (Å²) in [5.74, 6) is -0.538. The molecule has 0 saturated heterocycles. The molecule has 120 valence electrons. The van der Waals surface area contributed by atoms with E-state index < -0.39 is 5.91 Å². The number of nitrogens with one attached hydrogen (secondary N) is 1. The van der Waals surface area contributed by atoms with Crippen molar-refractivity contribution in [2.75, 3.05) is 0 Å². The summed E-state index contributed by atoms with van der Waals surface area (Å²) in [6.07, 6.45) is 0. The number of hydrogen-bond acceptors (Lipinski definition) is 3. The Hall–Kier alpha value is -2.37. The van der Waals surface area contributed by atoms with E-state index in [0.717, 1.165) is 27.6 Å². The molecule has 1 aromatic heterocycles. The van der Waals surface area contributed by atoms with E-state index in [4.69, 9.17) is 11.5 Å². The van der Waals surface area contributed by atoms with Crippen molar-refractivity contribution in [3.8, 4) is 11.1 Å². The van der Waals surface area contributed by atoms with E-state index in [1.165, 1.54) is 0 Å². The second-order valence-corrected chi connectivity index (χ2v) is 6.00. The summed E-state index contributed by atoms with van der Waals surface area (Å²) in [5.41, 5.74) is 15.2. The Morgan fingerprint density at radius 1 is 1.09 bits per heavy atom. The summed E-state index contributed by atoms with van der Waals surface area (Å²) in [4.78, 5) is 11.4. The van der Waals surface area contributed by atoms with Crippen LogP contribution in [-0.2, 0) is 5.54 Å². The fourth-order valence-electron chi connectivity index (χ4n) is 2.47. The summed E-state index contributed by atoms with van der Waals surface area (Å²) in [6, 6.07) is 13.9. The number of nitrogens with zero attached hydrogens (tertiary/aromatic N) is 1. The maximum absolute atomic E-state index is 11.4. The molecule has 5 N–H and O–H groups in total. The molecule has 3 rings (SSSR count). The van der Waals surface area contributed by atoms with Crippen LogP contribution in [0.1, 0.15) is 29.9 Å². The number of nitrogens with two attached hydrogens (primary N) is 2. The third-order valence-electron chi connectivity index (χ3n) is 3.76. The largest absolute Gasteiger partial charge is 0.364 e. The number of aromatic nitrogens is 2. The van der Waals surface area contributed by atoms with Crippen molar-refractivity contribution in [2.45, 2.75) is 19.4 Å². The first-order chi connectivity index (χ1) is 10.4. The molecular formula is C17H19ClN4O. The molecule has 6 heteroatoms. The van der Waals surface area contributed by atoms with Gasteiger partial charge in [0.1, 0.15) is 0 Å². The van der Waals surface area contributed by atoms with E-state index in [1.807, 2.05) is 56.3 Å². The van der Waals surface area contributed by atoms with Crippen molar-refractivity contribution < 1.29 is 4.79 Å². The van der Waals surface area contributed by atoms with Gasteiger partial charge in [0.2, 0.25) is 0 Å². The highest BCUT2D eigenvalue weighted by Crippen LogP contribution is 2.27. The summed E-state index contributed by atoms with van der Waals surface area (Å²) >= 11 is 0. The summed E-state index contributed by atoms with van der Waals surface area (Å²) < 4.78 is 0. The minimum atomic E-state index is -0.538. The van der Waals surface area contributed by atoms with Gasteiger partial charge in [0.25, 0.3) is 5.91 Å². The van der Waals surface area contributed by atoms with Gasteiger partial charge in [-0.15, -0.1) is 12.4 Å².